The fraction of sp³-hybridized carbons (Fsp3) is 0.333. The van der Waals surface area contributed by atoms with Crippen molar-refractivity contribution in [2.75, 3.05) is 11.4 Å². The second kappa shape index (κ2) is 4.90. The normalized spacial score (nSPS) is 19.3. The first-order chi connectivity index (χ1) is 9.13. The van der Waals surface area contributed by atoms with Crippen LogP contribution in [0.2, 0.25) is 0 Å². The highest BCUT2D eigenvalue weighted by molar-refractivity contribution is 8.14. The van der Waals surface area contributed by atoms with E-state index in [4.69, 9.17) is 0 Å². The molecule has 0 aliphatic carbocycles. The second-order valence-corrected chi connectivity index (χ2v) is 6.38. The molecule has 98 valence electrons. The summed E-state index contributed by atoms with van der Waals surface area (Å²) in [4.78, 5) is 24.8. The number of carbonyl (C=O) groups is 2. The van der Waals surface area contributed by atoms with Crippen molar-refractivity contribution in [1.82, 2.24) is 8.75 Å². The second-order valence-electron chi connectivity index (χ2n) is 4.38. The zero-order valence-electron chi connectivity index (χ0n) is 10.2. The van der Waals surface area contributed by atoms with Crippen LogP contribution >= 0.6 is 23.5 Å². The Morgan fingerprint density at radius 1 is 1.42 bits per heavy atom. The fourth-order valence-electron chi connectivity index (χ4n) is 2.18. The van der Waals surface area contributed by atoms with E-state index in [1.54, 1.807) is 4.90 Å². The van der Waals surface area contributed by atoms with Gasteiger partial charge >= 0.3 is 0 Å². The summed E-state index contributed by atoms with van der Waals surface area (Å²) in [7, 11) is 0. The summed E-state index contributed by atoms with van der Waals surface area (Å²) < 4.78 is 8.31. The number of carbonyl (C=O) groups excluding carboxylic acids is 2. The van der Waals surface area contributed by atoms with Crippen LogP contribution in [0.25, 0.3) is 11.0 Å². The number of anilines is 1. The number of nitrogens with zero attached hydrogens (tertiary/aromatic N) is 3. The molecule has 0 spiro atoms. The fourth-order valence-corrected chi connectivity index (χ4v) is 3.61. The summed E-state index contributed by atoms with van der Waals surface area (Å²) in [5.41, 5.74) is 2.48. The monoisotopic (exact) mass is 293 g/mol. The summed E-state index contributed by atoms with van der Waals surface area (Å²) >= 11 is 2.40. The summed E-state index contributed by atoms with van der Waals surface area (Å²) in [6.45, 7) is 2.11. The predicted molar refractivity (Wildman–Crippen MR) is 76.4 cm³/mol. The molecule has 1 atom stereocenters. The van der Waals surface area contributed by atoms with Gasteiger partial charge in [-0.1, -0.05) is 11.8 Å². The molecule has 19 heavy (non-hydrogen) atoms. The van der Waals surface area contributed by atoms with E-state index >= 15 is 0 Å². The number of benzene rings is 1. The quantitative estimate of drug-likeness (QED) is 0.848. The molecule has 0 saturated carbocycles. The van der Waals surface area contributed by atoms with Gasteiger partial charge < -0.3 is 4.90 Å². The van der Waals surface area contributed by atoms with E-state index in [1.165, 1.54) is 18.7 Å². The highest BCUT2D eigenvalue weighted by atomic mass is 32.2. The molecule has 0 N–H and O–H groups in total. The average Bonchev–Trinajstić information content (AvgIpc) is 2.93. The van der Waals surface area contributed by atoms with Gasteiger partial charge in [0.1, 0.15) is 11.0 Å². The maximum absolute atomic E-state index is 12.0. The minimum atomic E-state index is 0.0502. The summed E-state index contributed by atoms with van der Waals surface area (Å²) in [6, 6.07) is 5.62. The van der Waals surface area contributed by atoms with Crippen LogP contribution < -0.4 is 4.90 Å². The number of amides is 1. The molecule has 1 aliphatic rings. The van der Waals surface area contributed by atoms with Gasteiger partial charge in [-0.2, -0.15) is 8.75 Å². The van der Waals surface area contributed by atoms with Crippen molar-refractivity contribution in [2.45, 2.75) is 18.6 Å². The lowest BCUT2D eigenvalue weighted by Gasteiger charge is -2.16. The molecule has 7 heteroatoms. The Morgan fingerprint density at radius 2 is 2.21 bits per heavy atom. The van der Waals surface area contributed by atoms with Gasteiger partial charge in [0, 0.05) is 30.8 Å². The van der Waals surface area contributed by atoms with Gasteiger partial charge in [-0.25, -0.2) is 0 Å². The molecular formula is C12H11N3O2S2. The molecule has 0 radical (unpaired) electrons. The van der Waals surface area contributed by atoms with Crippen LogP contribution in [0.4, 0.5) is 5.69 Å². The Labute approximate surface area is 118 Å². The molecule has 3 rings (SSSR count). The molecule has 2 aromatic rings. The first kappa shape index (κ1) is 12.6. The van der Waals surface area contributed by atoms with E-state index in [1.807, 2.05) is 18.2 Å². The van der Waals surface area contributed by atoms with Crippen molar-refractivity contribution in [3.63, 3.8) is 0 Å². The lowest BCUT2D eigenvalue weighted by molar-refractivity contribution is -0.117. The lowest BCUT2D eigenvalue weighted by Crippen LogP contribution is -2.24. The van der Waals surface area contributed by atoms with Crippen LogP contribution in [0.15, 0.2) is 18.2 Å². The molecule has 1 unspecified atom stereocenters. The Bertz CT molecular complexity index is 655. The standard InChI is InChI=1S/C12H11N3O2S2/c1-7(16)18-9-5-12(17)15(6-9)8-2-3-10-11(4-8)14-19-13-10/h2-4,9H,5-6H2,1H3. The molecule has 2 heterocycles. The maximum atomic E-state index is 12.0. The van der Waals surface area contributed by atoms with Gasteiger partial charge in [-0.15, -0.1) is 0 Å². The lowest BCUT2D eigenvalue weighted by atomic mass is 10.2. The molecule has 5 nitrogen and oxygen atoms in total. The third-order valence-electron chi connectivity index (χ3n) is 2.97. The van der Waals surface area contributed by atoms with Crippen molar-refractivity contribution in [2.24, 2.45) is 0 Å². The highest BCUT2D eigenvalue weighted by Crippen LogP contribution is 2.30. The van der Waals surface area contributed by atoms with Crippen LogP contribution in [0.5, 0.6) is 0 Å². The van der Waals surface area contributed by atoms with E-state index in [0.717, 1.165) is 28.4 Å². The first-order valence-electron chi connectivity index (χ1n) is 5.83. The van der Waals surface area contributed by atoms with E-state index < -0.39 is 0 Å². The number of hydrogen-bond donors (Lipinski definition) is 0. The van der Waals surface area contributed by atoms with Gasteiger partial charge in [0.15, 0.2) is 5.12 Å². The van der Waals surface area contributed by atoms with Crippen LogP contribution in [-0.4, -0.2) is 31.6 Å². The van der Waals surface area contributed by atoms with Crippen LogP contribution in [0.1, 0.15) is 13.3 Å². The third-order valence-corrected chi connectivity index (χ3v) is 4.51. The predicted octanol–water partition coefficient (Wildman–Crippen LogP) is 2.08. The van der Waals surface area contributed by atoms with Crippen molar-refractivity contribution in [3.05, 3.63) is 18.2 Å². The van der Waals surface area contributed by atoms with E-state index in [-0.39, 0.29) is 16.3 Å². The van der Waals surface area contributed by atoms with Crippen molar-refractivity contribution >= 4 is 51.2 Å². The Morgan fingerprint density at radius 3 is 3.00 bits per heavy atom. The van der Waals surface area contributed by atoms with Crippen LogP contribution in [0.3, 0.4) is 0 Å². The molecule has 1 aromatic heterocycles. The van der Waals surface area contributed by atoms with Crippen molar-refractivity contribution < 1.29 is 9.59 Å². The smallest absolute Gasteiger partial charge is 0.228 e. The van der Waals surface area contributed by atoms with Gasteiger partial charge in [0.25, 0.3) is 0 Å². The molecule has 1 aliphatic heterocycles. The number of aromatic nitrogens is 2. The molecule has 1 fully saturated rings. The van der Waals surface area contributed by atoms with Crippen molar-refractivity contribution in [3.8, 4) is 0 Å². The number of fused-ring (bicyclic) bond motifs is 1. The average molecular weight is 293 g/mol. The van der Waals surface area contributed by atoms with E-state index in [9.17, 15) is 9.59 Å². The van der Waals surface area contributed by atoms with E-state index in [0.29, 0.717) is 13.0 Å². The van der Waals surface area contributed by atoms with Gasteiger partial charge in [-0.05, 0) is 18.2 Å². The summed E-state index contributed by atoms with van der Waals surface area (Å²) in [5, 5.41) is 0.105. The van der Waals surface area contributed by atoms with Crippen LogP contribution in [-0.2, 0) is 9.59 Å². The molecule has 1 aromatic carbocycles. The number of rotatable bonds is 2. The minimum absolute atomic E-state index is 0.0502. The van der Waals surface area contributed by atoms with E-state index in [2.05, 4.69) is 8.75 Å². The Hall–Kier alpha value is -1.47. The Balaban J connectivity index is 1.85. The Kier molecular flexibility index (Phi) is 3.24. The zero-order valence-corrected chi connectivity index (χ0v) is 11.8. The van der Waals surface area contributed by atoms with Crippen LogP contribution in [0, 0.1) is 0 Å². The highest BCUT2D eigenvalue weighted by Gasteiger charge is 2.32. The van der Waals surface area contributed by atoms with Gasteiger partial charge in [0.05, 0.1) is 11.7 Å². The molecular weight excluding hydrogens is 282 g/mol. The number of hydrogen-bond acceptors (Lipinski definition) is 6. The molecule has 1 amide bonds. The molecule has 1 saturated heterocycles. The largest absolute Gasteiger partial charge is 0.311 e. The topological polar surface area (TPSA) is 63.2 Å². The zero-order chi connectivity index (χ0) is 13.4. The van der Waals surface area contributed by atoms with Gasteiger partial charge in [0.2, 0.25) is 5.91 Å². The third kappa shape index (κ3) is 2.48. The summed E-state index contributed by atoms with van der Waals surface area (Å²) in [6.07, 6.45) is 0.414. The minimum Gasteiger partial charge on any atom is -0.311 e. The van der Waals surface area contributed by atoms with Crippen molar-refractivity contribution in [1.29, 1.82) is 0 Å². The maximum Gasteiger partial charge on any atom is 0.228 e. The first-order valence-corrected chi connectivity index (χ1v) is 7.44. The SMILES string of the molecule is CC(=O)SC1CC(=O)N(c2ccc3nsnc3c2)C1. The summed E-state index contributed by atoms with van der Waals surface area (Å²) in [5.74, 6) is 0.0567. The van der Waals surface area contributed by atoms with Gasteiger partial charge in [-0.3, -0.25) is 9.59 Å². The molecule has 0 bridgehead atoms. The number of thioether (sulfide) groups is 1.